The minimum atomic E-state index is 0. The second kappa shape index (κ2) is 9.90. The predicted molar refractivity (Wildman–Crippen MR) is 101 cm³/mol. The van der Waals surface area contributed by atoms with Crippen molar-refractivity contribution in [1.29, 1.82) is 0 Å². The van der Waals surface area contributed by atoms with Crippen molar-refractivity contribution < 1.29 is 27.2 Å². The van der Waals surface area contributed by atoms with Gasteiger partial charge in [0.1, 0.15) is 13.2 Å². The number of nitrogens with one attached hydrogen (secondary N) is 1. The molecule has 0 atom stereocenters. The topological polar surface area (TPSA) is 50.9 Å². The van der Waals surface area contributed by atoms with Crippen molar-refractivity contribution >= 4 is 10.9 Å². The number of H-pyrrole nitrogens is 1. The first-order chi connectivity index (χ1) is 12.3. The Balaban J connectivity index is 0.00000243. The van der Waals surface area contributed by atoms with Gasteiger partial charge in [0, 0.05) is 29.1 Å². The summed E-state index contributed by atoms with van der Waals surface area (Å²) in [7, 11) is 1.67. The maximum Gasteiger partial charge on any atom is 0.161 e. The van der Waals surface area contributed by atoms with Gasteiger partial charge >= 0.3 is 0 Å². The van der Waals surface area contributed by atoms with Crippen LogP contribution in [0.25, 0.3) is 10.9 Å². The smallest absolute Gasteiger partial charge is 0.161 e. The van der Waals surface area contributed by atoms with E-state index in [4.69, 9.17) is 9.47 Å². The van der Waals surface area contributed by atoms with Gasteiger partial charge in [-0.1, -0.05) is 30.9 Å². The summed E-state index contributed by atoms with van der Waals surface area (Å²) >= 11 is 0. The number of halogens is 1. The molecule has 0 bridgehead atoms. The Labute approximate surface area is 160 Å². The fraction of sp³-hybridized carbons (Fsp3) is 0.238. The molecule has 0 unspecified atom stereocenters. The highest BCUT2D eigenvalue weighted by Crippen LogP contribution is 2.27. The van der Waals surface area contributed by atoms with Gasteiger partial charge in [-0.3, -0.25) is 0 Å². The van der Waals surface area contributed by atoms with Gasteiger partial charge in [-0.15, -0.1) is 0 Å². The molecular weight excluding hydrogens is 348 g/mol. The Morgan fingerprint density at radius 3 is 2.81 bits per heavy atom. The van der Waals surface area contributed by atoms with Crippen molar-refractivity contribution in [1.82, 2.24) is 4.98 Å². The number of aromatic amines is 1. The van der Waals surface area contributed by atoms with Crippen LogP contribution in [0.4, 0.5) is 0 Å². The van der Waals surface area contributed by atoms with Gasteiger partial charge in [0.25, 0.3) is 0 Å². The first-order valence-electron chi connectivity index (χ1n) is 8.59. The number of hydrogen-bond acceptors (Lipinski definition) is 2. The summed E-state index contributed by atoms with van der Waals surface area (Å²) in [5.74, 6) is 1.52. The Kier molecular flexibility index (Phi) is 7.57. The van der Waals surface area contributed by atoms with Crippen LogP contribution in [0.1, 0.15) is 11.1 Å². The summed E-state index contributed by atoms with van der Waals surface area (Å²) in [5.41, 5.74) is 3.80. The molecule has 4 nitrogen and oxygen atoms in total. The average Bonchev–Trinajstić information content (AvgIpc) is 3.07. The molecule has 26 heavy (non-hydrogen) atoms. The second-order valence-electron chi connectivity index (χ2n) is 5.98. The highest BCUT2D eigenvalue weighted by Gasteiger charge is 2.07. The summed E-state index contributed by atoms with van der Waals surface area (Å²) in [6.45, 7) is 6.10. The lowest BCUT2D eigenvalue weighted by molar-refractivity contribution is -0.670. The molecule has 0 aliphatic heterocycles. The molecule has 0 saturated carbocycles. The number of nitrogens with two attached hydrogens (primary N) is 1. The molecule has 0 radical (unpaired) electrons. The van der Waals surface area contributed by atoms with E-state index in [-0.39, 0.29) is 12.4 Å². The van der Waals surface area contributed by atoms with E-state index in [2.05, 4.69) is 53.4 Å². The lowest BCUT2D eigenvalue weighted by atomic mass is 10.1. The number of hydrogen-bond donors (Lipinski definition) is 2. The van der Waals surface area contributed by atoms with Crippen LogP contribution in [0, 0.1) is 0 Å². The van der Waals surface area contributed by atoms with Crippen molar-refractivity contribution in [3.05, 3.63) is 72.4 Å². The van der Waals surface area contributed by atoms with Crippen LogP contribution >= 0.6 is 0 Å². The molecule has 0 aliphatic rings. The molecule has 3 aromatic rings. The third-order valence-electron chi connectivity index (χ3n) is 4.26. The highest BCUT2D eigenvalue weighted by atomic mass is 35.5. The van der Waals surface area contributed by atoms with E-state index in [1.165, 1.54) is 22.0 Å². The average molecular weight is 373 g/mol. The number of benzene rings is 2. The van der Waals surface area contributed by atoms with Crippen LogP contribution in [0.3, 0.4) is 0 Å². The zero-order valence-corrected chi connectivity index (χ0v) is 15.8. The number of ether oxygens (including phenoxy) is 2. The summed E-state index contributed by atoms with van der Waals surface area (Å²) in [4.78, 5) is 3.33. The molecule has 3 rings (SSSR count). The van der Waals surface area contributed by atoms with Gasteiger partial charge < -0.3 is 32.2 Å². The van der Waals surface area contributed by atoms with E-state index in [0.717, 1.165) is 31.0 Å². The molecule has 5 heteroatoms. The maximum absolute atomic E-state index is 5.59. The quantitative estimate of drug-likeness (QED) is 0.412. The second-order valence-corrected chi connectivity index (χ2v) is 5.98. The molecule has 0 spiro atoms. The minimum Gasteiger partial charge on any atom is -1.00 e. The first kappa shape index (κ1) is 19.9. The van der Waals surface area contributed by atoms with E-state index >= 15 is 0 Å². The number of para-hydroxylation sites is 1. The third-order valence-corrected chi connectivity index (χ3v) is 4.26. The minimum absolute atomic E-state index is 0. The molecule has 0 fully saturated rings. The van der Waals surface area contributed by atoms with E-state index in [1.807, 2.05) is 12.1 Å². The molecule has 1 heterocycles. The van der Waals surface area contributed by atoms with Crippen LogP contribution < -0.4 is 27.2 Å². The van der Waals surface area contributed by atoms with Crippen molar-refractivity contribution in [3.8, 4) is 11.5 Å². The van der Waals surface area contributed by atoms with Crippen LogP contribution in [-0.2, 0) is 13.0 Å². The Morgan fingerprint density at radius 1 is 1.15 bits per heavy atom. The number of fused-ring (bicyclic) bond motifs is 1. The van der Waals surface area contributed by atoms with Crippen LogP contribution in [-0.4, -0.2) is 25.2 Å². The molecule has 138 valence electrons. The lowest BCUT2D eigenvalue weighted by Crippen LogP contribution is -3.00. The normalized spacial score (nSPS) is 10.3. The third kappa shape index (κ3) is 4.81. The number of methoxy groups -OCH3 is 1. The summed E-state index contributed by atoms with van der Waals surface area (Å²) < 4.78 is 11.0. The lowest BCUT2D eigenvalue weighted by Gasteiger charge is -2.10. The van der Waals surface area contributed by atoms with Gasteiger partial charge in [-0.25, -0.2) is 0 Å². The van der Waals surface area contributed by atoms with E-state index in [9.17, 15) is 0 Å². The van der Waals surface area contributed by atoms with Crippen LogP contribution in [0.2, 0.25) is 0 Å². The molecule has 1 aromatic heterocycles. The monoisotopic (exact) mass is 372 g/mol. The van der Waals surface area contributed by atoms with Gasteiger partial charge in [0.2, 0.25) is 0 Å². The largest absolute Gasteiger partial charge is 1.00 e. The predicted octanol–water partition coefficient (Wildman–Crippen LogP) is 0.0514. The molecular formula is C21H25ClN2O2. The van der Waals surface area contributed by atoms with Gasteiger partial charge in [-0.2, -0.15) is 0 Å². The standard InChI is InChI=1S/C21H24N2O2.ClH/c1-3-12-25-20-9-8-16(13-21(20)24-2)14-22-11-10-17-15-23-19-7-5-4-6-18(17)19;/h3-9,13,15,22-23H,1,10-12,14H2,2H3;1H. The highest BCUT2D eigenvalue weighted by molar-refractivity contribution is 5.82. The number of rotatable bonds is 9. The summed E-state index contributed by atoms with van der Waals surface area (Å²) in [5, 5.41) is 3.64. The zero-order chi connectivity index (χ0) is 17.5. The Hall–Kier alpha value is -2.43. The molecule has 0 saturated heterocycles. The molecule has 0 aliphatic carbocycles. The number of quaternary nitrogens is 1. The Bertz CT molecular complexity index is 845. The summed E-state index contributed by atoms with van der Waals surface area (Å²) in [6.07, 6.45) is 4.89. The van der Waals surface area contributed by atoms with Crippen LogP contribution in [0.5, 0.6) is 11.5 Å². The van der Waals surface area contributed by atoms with E-state index < -0.39 is 0 Å². The van der Waals surface area contributed by atoms with Gasteiger partial charge in [0.15, 0.2) is 11.5 Å². The van der Waals surface area contributed by atoms with E-state index in [1.54, 1.807) is 13.2 Å². The first-order valence-corrected chi connectivity index (χ1v) is 8.59. The maximum atomic E-state index is 5.59. The van der Waals surface area contributed by atoms with Gasteiger partial charge in [0.05, 0.1) is 13.7 Å². The van der Waals surface area contributed by atoms with Crippen molar-refractivity contribution in [2.45, 2.75) is 13.0 Å². The van der Waals surface area contributed by atoms with E-state index in [0.29, 0.717) is 6.61 Å². The Morgan fingerprint density at radius 2 is 2.00 bits per heavy atom. The summed E-state index contributed by atoms with van der Waals surface area (Å²) in [6, 6.07) is 14.5. The number of aromatic nitrogens is 1. The molecule has 3 N–H and O–H groups in total. The molecule has 0 amide bonds. The van der Waals surface area contributed by atoms with Crippen molar-refractivity contribution in [2.75, 3.05) is 20.3 Å². The van der Waals surface area contributed by atoms with Crippen LogP contribution in [0.15, 0.2) is 61.3 Å². The molecule has 2 aromatic carbocycles. The van der Waals surface area contributed by atoms with Crippen molar-refractivity contribution in [3.63, 3.8) is 0 Å². The SMILES string of the molecule is C=CCOc1ccc(C[NH2+]CCc2c[nH]c3ccccc23)cc1OC.[Cl-]. The fourth-order valence-corrected chi connectivity index (χ4v) is 2.97. The zero-order valence-electron chi connectivity index (χ0n) is 15.0. The van der Waals surface area contributed by atoms with Gasteiger partial charge in [-0.05, 0) is 29.8 Å². The fourth-order valence-electron chi connectivity index (χ4n) is 2.97. The van der Waals surface area contributed by atoms with Crippen molar-refractivity contribution in [2.24, 2.45) is 0 Å².